The third-order valence-corrected chi connectivity index (χ3v) is 2.81. The van der Waals surface area contributed by atoms with Gasteiger partial charge in [-0.05, 0) is 34.1 Å². The minimum Gasteiger partial charge on any atom is -0.409 e. The topological polar surface area (TPSA) is 61.8 Å². The van der Waals surface area contributed by atoms with E-state index >= 15 is 0 Å². The van der Waals surface area contributed by atoms with Crippen molar-refractivity contribution in [2.45, 2.75) is 6.18 Å². The molecule has 4 nitrogen and oxygen atoms in total. The maximum absolute atomic E-state index is 12.3. The highest BCUT2D eigenvalue weighted by Gasteiger charge is 2.29. The van der Waals surface area contributed by atoms with Crippen LogP contribution in [-0.2, 0) is 0 Å². The lowest BCUT2D eigenvalue weighted by atomic mass is 10.2. The Morgan fingerprint density at radius 3 is 2.56 bits per heavy atom. The minimum atomic E-state index is -4.28. The first-order valence-electron chi connectivity index (χ1n) is 4.80. The largest absolute Gasteiger partial charge is 0.409 e. The fraction of sp³-hybridized carbons (Fsp3) is 0.300. The average Bonchev–Trinajstić information content (AvgIpc) is 2.25. The number of hydrogen-bond acceptors (Lipinski definition) is 3. The quantitative estimate of drug-likeness (QED) is 0.388. The van der Waals surface area contributed by atoms with Crippen LogP contribution in [0.5, 0.6) is 0 Å². The van der Waals surface area contributed by atoms with Crippen molar-refractivity contribution in [1.82, 2.24) is 0 Å². The van der Waals surface area contributed by atoms with E-state index in [0.717, 1.165) is 4.90 Å². The minimum absolute atomic E-state index is 0.110. The van der Waals surface area contributed by atoms with Crippen molar-refractivity contribution in [3.05, 3.63) is 28.2 Å². The van der Waals surface area contributed by atoms with Crippen LogP contribution in [0, 0.1) is 0 Å². The van der Waals surface area contributed by atoms with Crippen LogP contribution >= 0.6 is 15.9 Å². The van der Waals surface area contributed by atoms with E-state index in [4.69, 9.17) is 10.9 Å². The number of halogens is 4. The van der Waals surface area contributed by atoms with Gasteiger partial charge in [0, 0.05) is 17.1 Å². The summed E-state index contributed by atoms with van der Waals surface area (Å²) in [5.74, 6) is -0.110. The predicted molar refractivity (Wildman–Crippen MR) is 66.0 cm³/mol. The van der Waals surface area contributed by atoms with E-state index in [2.05, 4.69) is 21.1 Å². The van der Waals surface area contributed by atoms with E-state index in [1.54, 1.807) is 0 Å². The van der Waals surface area contributed by atoms with E-state index in [-0.39, 0.29) is 5.84 Å². The van der Waals surface area contributed by atoms with Gasteiger partial charge < -0.3 is 15.8 Å². The monoisotopic (exact) mass is 325 g/mol. The number of benzene rings is 1. The van der Waals surface area contributed by atoms with Gasteiger partial charge in [-0.15, -0.1) is 0 Å². The lowest BCUT2D eigenvalue weighted by Gasteiger charge is -2.22. The molecule has 1 aromatic carbocycles. The van der Waals surface area contributed by atoms with Crippen LogP contribution in [0.4, 0.5) is 18.9 Å². The molecule has 100 valence electrons. The molecule has 0 radical (unpaired) electrons. The van der Waals surface area contributed by atoms with Gasteiger partial charge in [-0.2, -0.15) is 13.2 Å². The molecule has 1 aromatic rings. The van der Waals surface area contributed by atoms with Gasteiger partial charge >= 0.3 is 6.18 Å². The molecular formula is C10H11BrF3N3O. The number of anilines is 1. The van der Waals surface area contributed by atoms with E-state index in [9.17, 15) is 13.2 Å². The normalized spacial score (nSPS) is 12.6. The second kappa shape index (κ2) is 5.47. The zero-order valence-electron chi connectivity index (χ0n) is 9.37. The zero-order valence-corrected chi connectivity index (χ0v) is 11.0. The summed E-state index contributed by atoms with van der Waals surface area (Å²) in [6.07, 6.45) is -4.28. The molecule has 8 heteroatoms. The summed E-state index contributed by atoms with van der Waals surface area (Å²) >= 11 is 3.15. The summed E-state index contributed by atoms with van der Waals surface area (Å²) in [6, 6.07) is 4.42. The molecule has 0 amide bonds. The van der Waals surface area contributed by atoms with Crippen LogP contribution in [0.15, 0.2) is 27.8 Å². The molecule has 1 rings (SSSR count). The van der Waals surface area contributed by atoms with Gasteiger partial charge in [-0.3, -0.25) is 0 Å². The molecule has 0 saturated carbocycles. The van der Waals surface area contributed by atoms with Gasteiger partial charge in [0.2, 0.25) is 0 Å². The van der Waals surface area contributed by atoms with Gasteiger partial charge in [-0.1, -0.05) is 5.16 Å². The molecule has 0 spiro atoms. The number of alkyl halides is 3. The second-order valence-electron chi connectivity index (χ2n) is 3.62. The predicted octanol–water partition coefficient (Wildman–Crippen LogP) is 2.54. The van der Waals surface area contributed by atoms with Crippen molar-refractivity contribution in [1.29, 1.82) is 0 Å². The Morgan fingerprint density at radius 1 is 1.50 bits per heavy atom. The Hall–Kier alpha value is -1.44. The van der Waals surface area contributed by atoms with Crippen LogP contribution in [0.2, 0.25) is 0 Å². The van der Waals surface area contributed by atoms with E-state index in [1.807, 2.05) is 0 Å². The molecule has 0 aliphatic rings. The lowest BCUT2D eigenvalue weighted by molar-refractivity contribution is -0.119. The summed E-state index contributed by atoms with van der Waals surface area (Å²) in [5.41, 5.74) is 6.15. The summed E-state index contributed by atoms with van der Waals surface area (Å²) in [4.78, 5) is 1.06. The van der Waals surface area contributed by atoms with Crippen molar-refractivity contribution < 1.29 is 18.4 Å². The van der Waals surface area contributed by atoms with Crippen LogP contribution in [0.25, 0.3) is 0 Å². The second-order valence-corrected chi connectivity index (χ2v) is 4.48. The number of rotatable bonds is 3. The number of oxime groups is 1. The van der Waals surface area contributed by atoms with Crippen LogP contribution < -0.4 is 10.6 Å². The fourth-order valence-electron chi connectivity index (χ4n) is 1.39. The zero-order chi connectivity index (χ0) is 13.9. The Morgan fingerprint density at radius 2 is 2.11 bits per heavy atom. The number of nitrogens with two attached hydrogens (primary N) is 1. The molecule has 0 fully saturated rings. The molecule has 0 aliphatic carbocycles. The SMILES string of the molecule is CN(CC(F)(F)F)c1ccc(/C(N)=N/O)cc1Br. The Bertz CT molecular complexity index is 462. The van der Waals surface area contributed by atoms with Crippen molar-refractivity contribution >= 4 is 27.5 Å². The number of hydrogen-bond donors (Lipinski definition) is 2. The Balaban J connectivity index is 2.99. The molecule has 0 atom stereocenters. The van der Waals surface area contributed by atoms with Crippen LogP contribution in [0.1, 0.15) is 5.56 Å². The lowest BCUT2D eigenvalue weighted by Crippen LogP contribution is -2.31. The summed E-state index contributed by atoms with van der Waals surface area (Å²) < 4.78 is 37.2. The molecule has 0 aliphatic heterocycles. The Kier molecular flexibility index (Phi) is 4.44. The van der Waals surface area contributed by atoms with Gasteiger partial charge in [-0.25, -0.2) is 0 Å². The van der Waals surface area contributed by atoms with E-state index in [0.29, 0.717) is 15.7 Å². The number of amidine groups is 1. The standard InChI is InChI=1S/C10H11BrF3N3O/c1-17(5-10(12,13)14)8-3-2-6(4-7(8)11)9(15)16-18/h2-4,18H,5H2,1H3,(H2,15,16). The fourth-order valence-corrected chi connectivity index (χ4v) is 2.07. The Labute approximate surface area is 110 Å². The van der Waals surface area contributed by atoms with Gasteiger partial charge in [0.25, 0.3) is 0 Å². The molecule has 18 heavy (non-hydrogen) atoms. The van der Waals surface area contributed by atoms with Crippen molar-refractivity contribution in [2.24, 2.45) is 10.9 Å². The molecular weight excluding hydrogens is 315 g/mol. The van der Waals surface area contributed by atoms with Crippen LogP contribution in [-0.4, -0.2) is 30.8 Å². The molecule has 0 saturated heterocycles. The third-order valence-electron chi connectivity index (χ3n) is 2.18. The summed E-state index contributed by atoms with van der Waals surface area (Å²) in [7, 11) is 1.33. The molecule has 3 N–H and O–H groups in total. The van der Waals surface area contributed by atoms with E-state index < -0.39 is 12.7 Å². The maximum atomic E-state index is 12.3. The van der Waals surface area contributed by atoms with Gasteiger partial charge in [0.1, 0.15) is 6.54 Å². The first kappa shape index (κ1) is 14.6. The molecule has 0 heterocycles. The summed E-state index contributed by atoms with van der Waals surface area (Å²) in [5, 5.41) is 11.3. The highest BCUT2D eigenvalue weighted by Crippen LogP contribution is 2.29. The number of nitrogens with zero attached hydrogens (tertiary/aromatic N) is 2. The van der Waals surface area contributed by atoms with Crippen molar-refractivity contribution in [3.63, 3.8) is 0 Å². The van der Waals surface area contributed by atoms with E-state index in [1.165, 1.54) is 25.2 Å². The van der Waals surface area contributed by atoms with Crippen molar-refractivity contribution in [3.8, 4) is 0 Å². The first-order valence-corrected chi connectivity index (χ1v) is 5.59. The first-order chi connectivity index (χ1) is 8.24. The maximum Gasteiger partial charge on any atom is 0.405 e. The van der Waals surface area contributed by atoms with Crippen molar-refractivity contribution in [2.75, 3.05) is 18.5 Å². The highest BCUT2D eigenvalue weighted by molar-refractivity contribution is 9.10. The van der Waals surface area contributed by atoms with Crippen LogP contribution in [0.3, 0.4) is 0 Å². The smallest absolute Gasteiger partial charge is 0.405 e. The molecule has 0 unspecified atom stereocenters. The van der Waals surface area contributed by atoms with Gasteiger partial charge in [0.05, 0.1) is 5.69 Å². The molecule has 0 aromatic heterocycles. The third kappa shape index (κ3) is 3.80. The highest BCUT2D eigenvalue weighted by atomic mass is 79.9. The van der Waals surface area contributed by atoms with Gasteiger partial charge in [0.15, 0.2) is 5.84 Å². The summed E-state index contributed by atoms with van der Waals surface area (Å²) in [6.45, 7) is -1.06. The molecule has 0 bridgehead atoms. The average molecular weight is 326 g/mol.